The predicted octanol–water partition coefficient (Wildman–Crippen LogP) is 9.92. The Morgan fingerprint density at radius 1 is 0.692 bits per heavy atom. The number of rotatable bonds is 19. The Bertz CT molecular complexity index is 1110. The highest BCUT2D eigenvalue weighted by atomic mass is 16.5. The van der Waals surface area contributed by atoms with E-state index in [1.807, 2.05) is 24.3 Å². The molecular formula is C35H48O4. The summed E-state index contributed by atoms with van der Waals surface area (Å²) in [7, 11) is 0. The summed E-state index contributed by atoms with van der Waals surface area (Å²) in [6, 6.07) is 19.8. The number of hydrogen-bond acceptors (Lipinski definition) is 4. The molecule has 0 N–H and O–H groups in total. The van der Waals surface area contributed by atoms with Crippen molar-refractivity contribution in [2.24, 2.45) is 5.92 Å². The average Bonchev–Trinajstić information content (AvgIpc) is 2.97. The van der Waals surface area contributed by atoms with Crippen LogP contribution in [0.15, 0.2) is 60.7 Å². The number of ether oxygens (including phenoxy) is 3. The average molecular weight is 533 g/mol. The molecule has 0 bridgehead atoms. The predicted molar refractivity (Wildman–Crippen MR) is 162 cm³/mol. The van der Waals surface area contributed by atoms with Gasteiger partial charge in [0.1, 0.15) is 18.1 Å². The molecule has 4 heteroatoms. The molecule has 0 saturated carbocycles. The van der Waals surface area contributed by atoms with Crippen molar-refractivity contribution in [3.8, 4) is 11.5 Å². The lowest BCUT2D eigenvalue weighted by molar-refractivity contribution is 0.0447. The van der Waals surface area contributed by atoms with Crippen LogP contribution in [0.4, 0.5) is 0 Å². The number of fused-ring (bicyclic) bond motifs is 1. The number of esters is 1. The minimum Gasteiger partial charge on any atom is -0.494 e. The van der Waals surface area contributed by atoms with Gasteiger partial charge in [-0.05, 0) is 65.1 Å². The van der Waals surface area contributed by atoms with Crippen molar-refractivity contribution in [2.45, 2.75) is 98.0 Å². The van der Waals surface area contributed by atoms with Gasteiger partial charge in [-0.1, -0.05) is 109 Å². The zero-order valence-corrected chi connectivity index (χ0v) is 24.4. The first kappa shape index (κ1) is 30.5. The second-order valence-electron chi connectivity index (χ2n) is 10.8. The van der Waals surface area contributed by atoms with Crippen molar-refractivity contribution < 1.29 is 19.0 Å². The van der Waals surface area contributed by atoms with E-state index in [0.717, 1.165) is 47.3 Å². The van der Waals surface area contributed by atoms with Gasteiger partial charge in [0.15, 0.2) is 0 Å². The number of benzene rings is 3. The van der Waals surface area contributed by atoms with Crippen molar-refractivity contribution in [1.29, 1.82) is 0 Å². The molecule has 3 rings (SSSR count). The molecule has 0 spiro atoms. The van der Waals surface area contributed by atoms with Crippen LogP contribution in [-0.4, -0.2) is 19.2 Å². The zero-order valence-electron chi connectivity index (χ0n) is 24.4. The Labute approximate surface area is 236 Å². The lowest BCUT2D eigenvalue weighted by Crippen LogP contribution is -2.11. The molecular weight excluding hydrogens is 484 g/mol. The van der Waals surface area contributed by atoms with E-state index in [0.29, 0.717) is 24.7 Å². The molecule has 1 atom stereocenters. The van der Waals surface area contributed by atoms with Gasteiger partial charge in [-0.2, -0.15) is 0 Å². The minimum atomic E-state index is -0.274. The lowest BCUT2D eigenvalue weighted by atomic mass is 10.1. The van der Waals surface area contributed by atoms with Crippen LogP contribution in [0.5, 0.6) is 11.5 Å². The van der Waals surface area contributed by atoms with E-state index in [1.165, 1.54) is 57.8 Å². The summed E-state index contributed by atoms with van der Waals surface area (Å²) in [5.74, 6) is 1.84. The minimum absolute atomic E-state index is 0.274. The van der Waals surface area contributed by atoms with E-state index >= 15 is 0 Å². The smallest absolute Gasteiger partial charge is 0.338 e. The highest BCUT2D eigenvalue weighted by molar-refractivity contribution is 5.89. The maximum atomic E-state index is 12.2. The zero-order chi connectivity index (χ0) is 27.7. The van der Waals surface area contributed by atoms with E-state index in [2.05, 4.69) is 45.0 Å². The molecule has 0 heterocycles. The third-order valence-corrected chi connectivity index (χ3v) is 7.34. The molecule has 0 fully saturated rings. The molecule has 212 valence electrons. The Hall–Kier alpha value is -3.01. The Morgan fingerprint density at radius 2 is 1.26 bits per heavy atom. The summed E-state index contributed by atoms with van der Waals surface area (Å²) >= 11 is 0. The summed E-state index contributed by atoms with van der Waals surface area (Å²) in [6.45, 7) is 8.11. The Balaban J connectivity index is 1.36. The highest BCUT2D eigenvalue weighted by Gasteiger charge is 2.09. The van der Waals surface area contributed by atoms with Crippen LogP contribution in [-0.2, 0) is 11.3 Å². The summed E-state index contributed by atoms with van der Waals surface area (Å²) in [4.78, 5) is 12.2. The Kier molecular flexibility index (Phi) is 13.7. The Morgan fingerprint density at radius 3 is 1.85 bits per heavy atom. The SMILES string of the molecule is CCCCCCCCCCCCOc1ccc2cc(OCc3ccc(C(=O)OC[C@H](C)CC)cc3)ccc2c1. The van der Waals surface area contributed by atoms with Crippen LogP contribution in [0.1, 0.15) is 107 Å². The monoisotopic (exact) mass is 532 g/mol. The van der Waals surface area contributed by atoms with Gasteiger partial charge in [-0.25, -0.2) is 4.79 Å². The fraction of sp³-hybridized carbons (Fsp3) is 0.514. The first-order valence-electron chi connectivity index (χ1n) is 15.1. The third kappa shape index (κ3) is 11.3. The van der Waals surface area contributed by atoms with Gasteiger partial charge in [0.2, 0.25) is 0 Å². The standard InChI is InChI=1S/C35H48O4/c1-4-6-7-8-9-10-11-12-13-14-23-37-33-21-19-32-25-34(22-20-31(32)24-33)38-27-29-15-17-30(18-16-29)35(36)39-26-28(3)5-2/h15-22,24-25,28H,4-14,23,26-27H2,1-3H3/t28-/m1/s1. The molecule has 39 heavy (non-hydrogen) atoms. The van der Waals surface area contributed by atoms with Crippen LogP contribution in [0.2, 0.25) is 0 Å². The van der Waals surface area contributed by atoms with Gasteiger partial charge in [0.25, 0.3) is 0 Å². The largest absolute Gasteiger partial charge is 0.494 e. The maximum Gasteiger partial charge on any atom is 0.338 e. The highest BCUT2D eigenvalue weighted by Crippen LogP contribution is 2.26. The molecule has 0 saturated heterocycles. The summed E-state index contributed by atoms with van der Waals surface area (Å²) < 4.78 is 17.4. The summed E-state index contributed by atoms with van der Waals surface area (Å²) in [6.07, 6.45) is 14.3. The topological polar surface area (TPSA) is 44.8 Å². The quantitative estimate of drug-likeness (QED) is 0.114. The maximum absolute atomic E-state index is 12.2. The van der Waals surface area contributed by atoms with Gasteiger partial charge in [-0.15, -0.1) is 0 Å². The fourth-order valence-electron chi connectivity index (χ4n) is 4.48. The third-order valence-electron chi connectivity index (χ3n) is 7.34. The van der Waals surface area contributed by atoms with E-state index < -0.39 is 0 Å². The fourth-order valence-corrected chi connectivity index (χ4v) is 4.48. The summed E-state index contributed by atoms with van der Waals surface area (Å²) in [5.41, 5.74) is 1.57. The molecule has 0 aliphatic rings. The number of carbonyl (C=O) groups is 1. The molecule has 0 radical (unpaired) electrons. The number of carbonyl (C=O) groups excluding carboxylic acids is 1. The van der Waals surface area contributed by atoms with E-state index in [1.54, 1.807) is 12.1 Å². The van der Waals surface area contributed by atoms with E-state index in [-0.39, 0.29) is 5.97 Å². The molecule has 0 aliphatic carbocycles. The molecule has 0 aromatic heterocycles. The molecule has 0 amide bonds. The lowest BCUT2D eigenvalue weighted by Gasteiger charge is -2.11. The van der Waals surface area contributed by atoms with Gasteiger partial charge >= 0.3 is 5.97 Å². The molecule has 4 nitrogen and oxygen atoms in total. The van der Waals surface area contributed by atoms with Crippen molar-refractivity contribution in [3.05, 3.63) is 71.8 Å². The van der Waals surface area contributed by atoms with Gasteiger partial charge in [0, 0.05) is 0 Å². The van der Waals surface area contributed by atoms with E-state index in [4.69, 9.17) is 14.2 Å². The van der Waals surface area contributed by atoms with Crippen LogP contribution in [0.25, 0.3) is 10.8 Å². The number of unbranched alkanes of at least 4 members (excludes halogenated alkanes) is 9. The van der Waals surface area contributed by atoms with Gasteiger partial charge in [0.05, 0.1) is 18.8 Å². The molecule has 3 aromatic rings. The van der Waals surface area contributed by atoms with Crippen molar-refractivity contribution >= 4 is 16.7 Å². The van der Waals surface area contributed by atoms with Crippen molar-refractivity contribution in [2.75, 3.05) is 13.2 Å². The van der Waals surface area contributed by atoms with Crippen LogP contribution in [0, 0.1) is 5.92 Å². The summed E-state index contributed by atoms with van der Waals surface area (Å²) in [5, 5.41) is 2.27. The first-order valence-corrected chi connectivity index (χ1v) is 15.1. The second kappa shape index (κ2) is 17.6. The first-order chi connectivity index (χ1) is 19.1. The normalized spacial score (nSPS) is 11.9. The van der Waals surface area contributed by atoms with Crippen molar-refractivity contribution in [1.82, 2.24) is 0 Å². The van der Waals surface area contributed by atoms with Crippen LogP contribution < -0.4 is 9.47 Å². The molecule has 0 aliphatic heterocycles. The van der Waals surface area contributed by atoms with E-state index in [9.17, 15) is 4.79 Å². The van der Waals surface area contributed by atoms with Crippen LogP contribution in [0.3, 0.4) is 0 Å². The van der Waals surface area contributed by atoms with Gasteiger partial charge < -0.3 is 14.2 Å². The van der Waals surface area contributed by atoms with Crippen LogP contribution >= 0.6 is 0 Å². The van der Waals surface area contributed by atoms with Crippen molar-refractivity contribution in [3.63, 3.8) is 0 Å². The second-order valence-corrected chi connectivity index (χ2v) is 10.8. The molecule has 3 aromatic carbocycles. The molecule has 0 unspecified atom stereocenters. The van der Waals surface area contributed by atoms with Gasteiger partial charge in [-0.3, -0.25) is 0 Å². The number of hydrogen-bond donors (Lipinski definition) is 0.